The van der Waals surface area contributed by atoms with Gasteiger partial charge in [0.25, 0.3) is 0 Å². The van der Waals surface area contributed by atoms with Crippen LogP contribution in [0.25, 0.3) is 11.3 Å². The number of nitrogens with zero attached hydrogens (tertiary/aromatic N) is 1. The fraction of sp³-hybridized carbons (Fsp3) is 0.111. The molecule has 0 saturated heterocycles. The number of furan rings is 1. The predicted molar refractivity (Wildman–Crippen MR) is 90.9 cm³/mol. The number of pyridine rings is 1. The minimum Gasteiger partial charge on any atom is -0.464 e. The third kappa shape index (κ3) is 4.45. The van der Waals surface area contributed by atoms with Gasteiger partial charge in [-0.2, -0.15) is 0 Å². The SMILES string of the molecule is O=C(CSc1ccc(F)cc1)NCc1cncc(-c2ccco2)c1. The number of hydrogen-bond acceptors (Lipinski definition) is 4. The Kier molecular flexibility index (Phi) is 5.28. The monoisotopic (exact) mass is 342 g/mol. The lowest BCUT2D eigenvalue weighted by Crippen LogP contribution is -2.24. The molecule has 0 aliphatic heterocycles. The Balaban J connectivity index is 1.51. The fourth-order valence-corrected chi connectivity index (χ4v) is 2.82. The van der Waals surface area contributed by atoms with E-state index in [-0.39, 0.29) is 17.5 Å². The van der Waals surface area contributed by atoms with Gasteiger partial charge in [0.2, 0.25) is 5.91 Å². The van der Waals surface area contributed by atoms with Gasteiger partial charge in [0, 0.05) is 29.4 Å². The van der Waals surface area contributed by atoms with E-state index in [9.17, 15) is 9.18 Å². The van der Waals surface area contributed by atoms with Crippen LogP contribution in [-0.2, 0) is 11.3 Å². The second kappa shape index (κ2) is 7.79. The molecule has 2 heterocycles. The molecule has 0 spiro atoms. The van der Waals surface area contributed by atoms with Crippen LogP contribution in [0.3, 0.4) is 0 Å². The molecule has 24 heavy (non-hydrogen) atoms. The molecule has 1 N–H and O–H groups in total. The molecular formula is C18H15FN2O2S. The number of nitrogens with one attached hydrogen (secondary N) is 1. The first kappa shape index (κ1) is 16.3. The summed E-state index contributed by atoms with van der Waals surface area (Å²) in [6, 6.07) is 11.7. The largest absolute Gasteiger partial charge is 0.464 e. The fourth-order valence-electron chi connectivity index (χ4n) is 2.09. The molecule has 0 aliphatic rings. The zero-order chi connectivity index (χ0) is 16.8. The summed E-state index contributed by atoms with van der Waals surface area (Å²) in [4.78, 5) is 16.9. The molecule has 0 saturated carbocycles. The van der Waals surface area contributed by atoms with Crippen molar-refractivity contribution in [3.05, 3.63) is 72.5 Å². The Morgan fingerprint density at radius 2 is 2.04 bits per heavy atom. The zero-order valence-corrected chi connectivity index (χ0v) is 13.6. The summed E-state index contributed by atoms with van der Waals surface area (Å²) in [5, 5.41) is 2.85. The van der Waals surface area contributed by atoms with Crippen LogP contribution in [0.5, 0.6) is 0 Å². The molecule has 0 atom stereocenters. The number of hydrogen-bond donors (Lipinski definition) is 1. The molecule has 122 valence electrons. The van der Waals surface area contributed by atoms with Crippen LogP contribution in [0.1, 0.15) is 5.56 Å². The molecule has 0 radical (unpaired) electrons. The molecule has 1 amide bonds. The molecule has 6 heteroatoms. The molecule has 1 aromatic carbocycles. The van der Waals surface area contributed by atoms with E-state index in [0.717, 1.165) is 21.8 Å². The summed E-state index contributed by atoms with van der Waals surface area (Å²) in [5.74, 6) is 0.639. The molecule has 2 aromatic heterocycles. The summed E-state index contributed by atoms with van der Waals surface area (Å²) in [6.07, 6.45) is 5.03. The van der Waals surface area contributed by atoms with Gasteiger partial charge in [0.1, 0.15) is 11.6 Å². The molecular weight excluding hydrogens is 327 g/mol. The maximum absolute atomic E-state index is 12.8. The van der Waals surface area contributed by atoms with Gasteiger partial charge in [-0.3, -0.25) is 9.78 Å². The lowest BCUT2D eigenvalue weighted by Gasteiger charge is -2.06. The summed E-state index contributed by atoms with van der Waals surface area (Å²) in [6.45, 7) is 0.393. The highest BCUT2D eigenvalue weighted by molar-refractivity contribution is 8.00. The van der Waals surface area contributed by atoms with E-state index in [4.69, 9.17) is 4.42 Å². The van der Waals surface area contributed by atoms with Crippen LogP contribution in [-0.4, -0.2) is 16.6 Å². The van der Waals surface area contributed by atoms with Crippen LogP contribution >= 0.6 is 11.8 Å². The standard InChI is InChI=1S/C18H15FN2O2S/c19-15-3-5-16(6-4-15)24-12-18(22)21-10-13-8-14(11-20-9-13)17-2-1-7-23-17/h1-9,11H,10,12H2,(H,21,22). The van der Waals surface area contributed by atoms with Crippen molar-refractivity contribution in [3.8, 4) is 11.3 Å². The van der Waals surface area contributed by atoms with Crippen molar-refractivity contribution < 1.29 is 13.6 Å². The average Bonchev–Trinajstić information content (AvgIpc) is 3.14. The first-order valence-electron chi connectivity index (χ1n) is 7.33. The zero-order valence-electron chi connectivity index (χ0n) is 12.7. The van der Waals surface area contributed by atoms with Crippen molar-refractivity contribution in [1.82, 2.24) is 10.3 Å². The molecule has 0 aliphatic carbocycles. The van der Waals surface area contributed by atoms with Crippen molar-refractivity contribution in [2.45, 2.75) is 11.4 Å². The highest BCUT2D eigenvalue weighted by Gasteiger charge is 2.06. The van der Waals surface area contributed by atoms with E-state index in [1.807, 2.05) is 18.2 Å². The van der Waals surface area contributed by atoms with Crippen LogP contribution in [0.15, 0.2) is 70.4 Å². The second-order valence-electron chi connectivity index (χ2n) is 5.08. The number of carbonyl (C=O) groups is 1. The van der Waals surface area contributed by atoms with Crippen LogP contribution in [0.4, 0.5) is 4.39 Å². The quantitative estimate of drug-likeness (QED) is 0.691. The highest BCUT2D eigenvalue weighted by Crippen LogP contribution is 2.20. The van der Waals surface area contributed by atoms with Gasteiger partial charge in [-0.15, -0.1) is 11.8 Å². The van der Waals surface area contributed by atoms with Crippen LogP contribution < -0.4 is 5.32 Å². The van der Waals surface area contributed by atoms with E-state index in [0.29, 0.717) is 6.54 Å². The minimum atomic E-state index is -0.284. The summed E-state index contributed by atoms with van der Waals surface area (Å²) < 4.78 is 18.2. The van der Waals surface area contributed by atoms with Crippen molar-refractivity contribution in [2.75, 3.05) is 5.75 Å². The van der Waals surface area contributed by atoms with E-state index >= 15 is 0 Å². The Morgan fingerprint density at radius 3 is 2.79 bits per heavy atom. The van der Waals surface area contributed by atoms with E-state index in [1.54, 1.807) is 30.8 Å². The van der Waals surface area contributed by atoms with E-state index in [2.05, 4.69) is 10.3 Å². The molecule has 3 aromatic rings. The minimum absolute atomic E-state index is 0.0901. The third-order valence-electron chi connectivity index (χ3n) is 3.27. The molecule has 0 bridgehead atoms. The lowest BCUT2D eigenvalue weighted by molar-refractivity contribution is -0.118. The first-order chi connectivity index (χ1) is 11.7. The summed E-state index contributed by atoms with van der Waals surface area (Å²) in [7, 11) is 0. The number of rotatable bonds is 6. The van der Waals surface area contributed by atoms with Crippen molar-refractivity contribution in [2.24, 2.45) is 0 Å². The molecule has 3 rings (SSSR count). The number of amides is 1. The van der Waals surface area contributed by atoms with Gasteiger partial charge in [-0.05, 0) is 48.0 Å². The number of carbonyl (C=O) groups excluding carboxylic acids is 1. The maximum atomic E-state index is 12.8. The van der Waals surface area contributed by atoms with Gasteiger partial charge in [-0.1, -0.05) is 0 Å². The average molecular weight is 342 g/mol. The number of aromatic nitrogens is 1. The van der Waals surface area contributed by atoms with Crippen molar-refractivity contribution in [1.29, 1.82) is 0 Å². The van der Waals surface area contributed by atoms with Crippen molar-refractivity contribution in [3.63, 3.8) is 0 Å². The van der Waals surface area contributed by atoms with E-state index in [1.165, 1.54) is 23.9 Å². The van der Waals surface area contributed by atoms with E-state index < -0.39 is 0 Å². The summed E-state index contributed by atoms with van der Waals surface area (Å²) in [5.41, 5.74) is 1.76. The van der Waals surface area contributed by atoms with Gasteiger partial charge < -0.3 is 9.73 Å². The Labute approximate surface area is 143 Å². The van der Waals surface area contributed by atoms with Crippen LogP contribution in [0, 0.1) is 5.82 Å². The lowest BCUT2D eigenvalue weighted by atomic mass is 10.1. The normalized spacial score (nSPS) is 10.5. The molecule has 0 fully saturated rings. The van der Waals surface area contributed by atoms with Gasteiger partial charge >= 0.3 is 0 Å². The molecule has 0 unspecified atom stereocenters. The first-order valence-corrected chi connectivity index (χ1v) is 8.32. The highest BCUT2D eigenvalue weighted by atomic mass is 32.2. The Bertz CT molecular complexity index is 804. The van der Waals surface area contributed by atoms with Crippen LogP contribution in [0.2, 0.25) is 0 Å². The number of benzene rings is 1. The van der Waals surface area contributed by atoms with Gasteiger partial charge in [0.15, 0.2) is 0 Å². The predicted octanol–water partition coefficient (Wildman–Crippen LogP) is 3.89. The maximum Gasteiger partial charge on any atom is 0.230 e. The summed E-state index contributed by atoms with van der Waals surface area (Å²) >= 11 is 1.36. The topological polar surface area (TPSA) is 55.1 Å². The number of thioether (sulfide) groups is 1. The Morgan fingerprint density at radius 1 is 1.21 bits per heavy atom. The van der Waals surface area contributed by atoms with Crippen molar-refractivity contribution >= 4 is 17.7 Å². The number of halogens is 1. The third-order valence-corrected chi connectivity index (χ3v) is 4.29. The van der Waals surface area contributed by atoms with Gasteiger partial charge in [0.05, 0.1) is 12.0 Å². The van der Waals surface area contributed by atoms with Gasteiger partial charge in [-0.25, -0.2) is 4.39 Å². The second-order valence-corrected chi connectivity index (χ2v) is 6.13. The Hall–Kier alpha value is -2.60. The molecule has 4 nitrogen and oxygen atoms in total. The smallest absolute Gasteiger partial charge is 0.230 e.